The van der Waals surface area contributed by atoms with Gasteiger partial charge in [0.25, 0.3) is 0 Å². The maximum Gasteiger partial charge on any atom is 0.128 e. The largest absolute Gasteiger partial charge is 0.457 e. The van der Waals surface area contributed by atoms with E-state index in [1.807, 2.05) is 30.3 Å². The molecule has 3 heterocycles. The monoisotopic (exact) mass is 428 g/mol. The van der Waals surface area contributed by atoms with E-state index in [1.54, 1.807) is 11.3 Å². The second kappa shape index (κ2) is 6.74. The summed E-state index contributed by atoms with van der Waals surface area (Å²) in [6, 6.07) is 33.3. The third-order valence-corrected chi connectivity index (χ3v) is 6.79. The summed E-state index contributed by atoms with van der Waals surface area (Å²) < 4.78 is 7.28. The molecule has 150 valence electrons. The molecule has 0 aliphatic rings. The minimum atomic E-state index is 0.792. The average molecular weight is 429 g/mol. The van der Waals surface area contributed by atoms with Crippen LogP contribution >= 0.6 is 11.3 Å². The lowest BCUT2D eigenvalue weighted by Crippen LogP contribution is -1.87. The molecule has 32 heavy (non-hydrogen) atoms. The van der Waals surface area contributed by atoms with Crippen molar-refractivity contribution in [2.75, 3.05) is 0 Å². The van der Waals surface area contributed by atoms with Gasteiger partial charge in [0.15, 0.2) is 0 Å². The molecule has 0 amide bonds. The molecule has 0 aliphatic heterocycles. The van der Waals surface area contributed by atoms with Crippen LogP contribution in [0.2, 0.25) is 0 Å². The first kappa shape index (κ1) is 17.6. The van der Waals surface area contributed by atoms with Crippen LogP contribution in [-0.4, -0.2) is 9.97 Å². The molecule has 0 atom stereocenters. The SMILES string of the molecule is c1cc2cc(c1)sc1ccc3ccc4ccc5ccc(nc5c4c3n1)c1cccc(c1)o2. The average Bonchev–Trinajstić information content (AvgIpc) is 2.83. The fraction of sp³-hybridized carbons (Fsp3) is 0. The Kier molecular flexibility index (Phi) is 3.72. The van der Waals surface area contributed by atoms with Crippen LogP contribution in [0.1, 0.15) is 0 Å². The Bertz CT molecular complexity index is 1890. The van der Waals surface area contributed by atoms with Gasteiger partial charge in [-0.25, -0.2) is 9.97 Å². The molecular formula is C28H16N2OS. The second-order valence-corrected chi connectivity index (χ2v) is 9.02. The molecule has 7 aromatic rings. The van der Waals surface area contributed by atoms with Gasteiger partial charge in [-0.3, -0.25) is 0 Å². The molecule has 3 nitrogen and oxygen atoms in total. The zero-order valence-corrected chi connectivity index (χ0v) is 17.8. The van der Waals surface area contributed by atoms with Crippen molar-refractivity contribution in [3.8, 4) is 0 Å². The molecule has 0 aliphatic carbocycles. The Balaban J connectivity index is 1.80. The van der Waals surface area contributed by atoms with E-state index in [9.17, 15) is 0 Å². The summed E-state index contributed by atoms with van der Waals surface area (Å²) in [5.41, 5.74) is 4.47. The van der Waals surface area contributed by atoms with Gasteiger partial charge in [-0.05, 0) is 53.9 Å². The van der Waals surface area contributed by atoms with E-state index in [0.717, 1.165) is 64.2 Å². The van der Waals surface area contributed by atoms with E-state index >= 15 is 0 Å². The normalized spacial score (nSPS) is 11.8. The fourth-order valence-electron chi connectivity index (χ4n) is 4.35. The number of nitrogens with zero attached hydrogens (tertiary/aromatic N) is 2. The van der Waals surface area contributed by atoms with Crippen LogP contribution in [-0.2, 0) is 0 Å². The summed E-state index contributed by atoms with van der Waals surface area (Å²) in [5.74, 6) is 0. The number of hydrogen-bond donors (Lipinski definition) is 0. The van der Waals surface area contributed by atoms with E-state index in [4.69, 9.17) is 14.4 Å². The molecule has 7 rings (SSSR count). The van der Waals surface area contributed by atoms with Crippen molar-refractivity contribution in [2.24, 2.45) is 0 Å². The number of fused-ring (bicyclic) bond motifs is 7. The van der Waals surface area contributed by atoms with Gasteiger partial charge in [-0.2, -0.15) is 0 Å². The number of benzene rings is 4. The minimum absolute atomic E-state index is 0.792. The fourth-order valence-corrected chi connectivity index (χ4v) is 5.19. The number of hydrogen-bond acceptors (Lipinski definition) is 4. The van der Waals surface area contributed by atoms with Gasteiger partial charge in [0.1, 0.15) is 16.0 Å². The van der Waals surface area contributed by atoms with Crippen molar-refractivity contribution in [3.63, 3.8) is 0 Å². The van der Waals surface area contributed by atoms with E-state index in [1.165, 1.54) is 0 Å². The first-order chi connectivity index (χ1) is 15.8. The number of aromatic nitrogens is 2. The van der Waals surface area contributed by atoms with Crippen molar-refractivity contribution < 1.29 is 4.42 Å². The third kappa shape index (κ3) is 2.81. The number of rotatable bonds is 0. The Hall–Kier alpha value is -4.02. The maximum absolute atomic E-state index is 6.19. The molecule has 0 N–H and O–H groups in total. The summed E-state index contributed by atoms with van der Waals surface area (Å²) in [6.45, 7) is 0. The predicted octanol–water partition coefficient (Wildman–Crippen LogP) is 8.17. The first-order valence-corrected chi connectivity index (χ1v) is 11.3. The molecule has 8 bridgehead atoms. The Labute approximate surface area is 186 Å². The smallest absolute Gasteiger partial charge is 0.128 e. The lowest BCUT2D eigenvalue weighted by atomic mass is 10.0. The predicted molar refractivity (Wildman–Crippen MR) is 135 cm³/mol. The van der Waals surface area contributed by atoms with Crippen molar-refractivity contribution in [1.29, 1.82) is 0 Å². The molecule has 3 aromatic heterocycles. The summed E-state index contributed by atoms with van der Waals surface area (Å²) in [4.78, 5) is 11.2. The Morgan fingerprint density at radius 1 is 0.562 bits per heavy atom. The van der Waals surface area contributed by atoms with Crippen LogP contribution in [0.25, 0.3) is 64.2 Å². The Morgan fingerprint density at radius 3 is 2.12 bits per heavy atom. The van der Waals surface area contributed by atoms with Gasteiger partial charge in [0, 0.05) is 26.2 Å². The first-order valence-electron chi connectivity index (χ1n) is 10.5. The van der Waals surface area contributed by atoms with E-state index in [0.29, 0.717) is 0 Å². The van der Waals surface area contributed by atoms with E-state index < -0.39 is 0 Å². The Morgan fingerprint density at radius 2 is 1.25 bits per heavy atom. The quantitative estimate of drug-likeness (QED) is 0.229. The standard InChI is InChI=1S/C28H16N2OS/c1-3-20-15-21(4-1)31-22-5-2-6-23(16-22)32-25-14-12-19-10-8-17-7-9-18-11-13-24(20)29-27(18)26(17)28(19)30-25/h1-16H. The van der Waals surface area contributed by atoms with Crippen LogP contribution in [0.5, 0.6) is 0 Å². The van der Waals surface area contributed by atoms with Gasteiger partial charge < -0.3 is 4.42 Å². The highest BCUT2D eigenvalue weighted by atomic mass is 32.1. The van der Waals surface area contributed by atoms with Gasteiger partial charge in [0.2, 0.25) is 0 Å². The molecule has 0 saturated carbocycles. The van der Waals surface area contributed by atoms with Crippen molar-refractivity contribution >= 4 is 75.5 Å². The second-order valence-electron chi connectivity index (χ2n) is 7.93. The van der Waals surface area contributed by atoms with E-state index in [-0.39, 0.29) is 0 Å². The van der Waals surface area contributed by atoms with Crippen LogP contribution in [0.15, 0.2) is 101 Å². The maximum atomic E-state index is 6.19. The molecule has 0 unspecified atom stereocenters. The molecule has 0 radical (unpaired) electrons. The zero-order valence-electron chi connectivity index (χ0n) is 16.9. The van der Waals surface area contributed by atoms with Gasteiger partial charge in [0.05, 0.1) is 16.6 Å². The summed E-state index contributed by atoms with van der Waals surface area (Å²) in [6.07, 6.45) is 0. The topological polar surface area (TPSA) is 38.9 Å². The lowest BCUT2D eigenvalue weighted by molar-refractivity contribution is 0.656. The van der Waals surface area contributed by atoms with Gasteiger partial charge in [-0.15, -0.1) is 11.3 Å². The van der Waals surface area contributed by atoms with Crippen LogP contribution < -0.4 is 0 Å². The van der Waals surface area contributed by atoms with Crippen LogP contribution in [0.3, 0.4) is 0 Å². The minimum Gasteiger partial charge on any atom is -0.457 e. The molecule has 4 heteroatoms. The van der Waals surface area contributed by atoms with Crippen LogP contribution in [0.4, 0.5) is 0 Å². The van der Waals surface area contributed by atoms with Crippen molar-refractivity contribution in [2.45, 2.75) is 0 Å². The summed E-state index contributed by atoms with van der Waals surface area (Å²) >= 11 is 1.64. The molecule has 0 fully saturated rings. The van der Waals surface area contributed by atoms with Crippen molar-refractivity contribution in [3.05, 3.63) is 97.1 Å². The molecule has 0 saturated heterocycles. The van der Waals surface area contributed by atoms with Crippen molar-refractivity contribution in [1.82, 2.24) is 9.97 Å². The number of pyridine rings is 2. The highest BCUT2D eigenvalue weighted by molar-refractivity contribution is 7.22. The molecular weight excluding hydrogens is 412 g/mol. The highest BCUT2D eigenvalue weighted by Crippen LogP contribution is 2.32. The van der Waals surface area contributed by atoms with Gasteiger partial charge >= 0.3 is 0 Å². The third-order valence-electron chi connectivity index (χ3n) is 5.87. The summed E-state index contributed by atoms with van der Waals surface area (Å²) in [5, 5.41) is 5.49. The highest BCUT2D eigenvalue weighted by Gasteiger charge is 2.09. The lowest BCUT2D eigenvalue weighted by Gasteiger charge is -2.07. The van der Waals surface area contributed by atoms with Crippen LogP contribution in [0, 0.1) is 0 Å². The van der Waals surface area contributed by atoms with E-state index in [2.05, 4.69) is 66.7 Å². The molecule has 4 aromatic carbocycles. The van der Waals surface area contributed by atoms with Gasteiger partial charge in [-0.1, -0.05) is 48.5 Å². The molecule has 0 spiro atoms. The zero-order chi connectivity index (χ0) is 21.1. The summed E-state index contributed by atoms with van der Waals surface area (Å²) in [7, 11) is 0.